The Bertz CT molecular complexity index is 706. The molecule has 1 aliphatic rings. The zero-order valence-electron chi connectivity index (χ0n) is 15.9. The highest BCUT2D eigenvalue weighted by Gasteiger charge is 2.26. The van der Waals surface area contributed by atoms with Crippen LogP contribution in [0.15, 0.2) is 60.7 Å². The maximum absolute atomic E-state index is 12.4. The highest BCUT2D eigenvalue weighted by atomic mass is 16.2. The normalized spacial score (nSPS) is 19.5. The number of amides is 2. The quantitative estimate of drug-likeness (QED) is 0.796. The van der Waals surface area contributed by atoms with Gasteiger partial charge in [0.25, 0.3) is 0 Å². The molecule has 1 fully saturated rings. The Morgan fingerprint density at radius 1 is 0.889 bits per heavy atom. The Morgan fingerprint density at radius 3 is 2.00 bits per heavy atom. The van der Waals surface area contributed by atoms with Crippen molar-refractivity contribution < 1.29 is 9.59 Å². The number of carbonyl (C=O) groups excluding carboxylic acids is 2. The summed E-state index contributed by atoms with van der Waals surface area (Å²) in [5.41, 5.74) is 2.23. The Hall–Kier alpha value is -2.62. The summed E-state index contributed by atoms with van der Waals surface area (Å²) in [6.07, 6.45) is 4.38. The zero-order chi connectivity index (χ0) is 19.1. The second-order valence-corrected chi connectivity index (χ2v) is 7.43. The van der Waals surface area contributed by atoms with Gasteiger partial charge in [-0.05, 0) is 29.9 Å². The van der Waals surface area contributed by atoms with Crippen LogP contribution in [-0.4, -0.2) is 24.4 Å². The van der Waals surface area contributed by atoms with Crippen molar-refractivity contribution >= 4 is 11.8 Å². The summed E-state index contributed by atoms with van der Waals surface area (Å²) in [5.74, 6) is -0.632. The third-order valence-corrected chi connectivity index (χ3v) is 5.50. The molecule has 4 nitrogen and oxygen atoms in total. The summed E-state index contributed by atoms with van der Waals surface area (Å²) in [5, 5.41) is 5.75. The first-order valence-corrected chi connectivity index (χ1v) is 9.83. The lowest BCUT2D eigenvalue weighted by molar-refractivity contribution is -0.140. The lowest BCUT2D eigenvalue weighted by Crippen LogP contribution is -2.48. The van der Waals surface area contributed by atoms with Gasteiger partial charge in [0.2, 0.25) is 0 Å². The van der Waals surface area contributed by atoms with Crippen LogP contribution in [0.5, 0.6) is 0 Å². The van der Waals surface area contributed by atoms with E-state index in [1.807, 2.05) is 60.7 Å². The Kier molecular flexibility index (Phi) is 6.64. The van der Waals surface area contributed by atoms with Gasteiger partial charge in [0.15, 0.2) is 0 Å². The monoisotopic (exact) mass is 364 g/mol. The minimum Gasteiger partial charge on any atom is -0.347 e. The summed E-state index contributed by atoms with van der Waals surface area (Å²) in [7, 11) is 0. The first-order valence-electron chi connectivity index (χ1n) is 9.83. The van der Waals surface area contributed by atoms with Crippen LogP contribution in [0.2, 0.25) is 0 Å². The second kappa shape index (κ2) is 9.36. The van der Waals surface area contributed by atoms with Gasteiger partial charge < -0.3 is 10.6 Å². The number of benzene rings is 2. The van der Waals surface area contributed by atoms with Crippen LogP contribution in [0.1, 0.15) is 49.7 Å². The van der Waals surface area contributed by atoms with Crippen molar-refractivity contribution in [1.82, 2.24) is 10.6 Å². The van der Waals surface area contributed by atoms with Crippen molar-refractivity contribution in [1.29, 1.82) is 0 Å². The van der Waals surface area contributed by atoms with Gasteiger partial charge in [-0.15, -0.1) is 0 Å². The molecule has 0 radical (unpaired) electrons. The van der Waals surface area contributed by atoms with Gasteiger partial charge >= 0.3 is 11.8 Å². The maximum Gasteiger partial charge on any atom is 0.309 e. The van der Waals surface area contributed by atoms with E-state index in [0.29, 0.717) is 12.5 Å². The SMILES string of the molecule is C[C@H]1CCCC[C@H]1NC(=O)C(=O)NCC(c1ccccc1)c1ccccc1. The van der Waals surface area contributed by atoms with E-state index in [0.717, 1.165) is 30.4 Å². The van der Waals surface area contributed by atoms with Gasteiger partial charge in [0.05, 0.1) is 0 Å². The molecule has 1 aliphatic carbocycles. The van der Waals surface area contributed by atoms with Gasteiger partial charge in [0.1, 0.15) is 0 Å². The number of hydrogen-bond donors (Lipinski definition) is 2. The van der Waals surface area contributed by atoms with Gasteiger partial charge in [-0.25, -0.2) is 0 Å². The average Bonchev–Trinajstić information content (AvgIpc) is 2.71. The standard InChI is InChI=1S/C23H28N2O2/c1-17-10-8-9-15-21(17)25-23(27)22(26)24-16-20(18-11-4-2-5-12-18)19-13-6-3-7-14-19/h2-7,11-14,17,20-21H,8-10,15-16H2,1H3,(H,24,26)(H,25,27)/t17-,21+/m0/s1. The summed E-state index contributed by atoms with van der Waals surface area (Å²) < 4.78 is 0. The van der Waals surface area contributed by atoms with E-state index in [-0.39, 0.29) is 12.0 Å². The molecule has 2 N–H and O–H groups in total. The van der Waals surface area contributed by atoms with E-state index in [1.54, 1.807) is 0 Å². The molecule has 2 aromatic carbocycles. The topological polar surface area (TPSA) is 58.2 Å². The Labute approximate surface area is 161 Å². The largest absolute Gasteiger partial charge is 0.347 e. The lowest BCUT2D eigenvalue weighted by atomic mass is 9.86. The first kappa shape index (κ1) is 19.2. The van der Waals surface area contributed by atoms with E-state index in [4.69, 9.17) is 0 Å². The van der Waals surface area contributed by atoms with Crippen molar-refractivity contribution in [3.05, 3.63) is 71.8 Å². The predicted octanol–water partition coefficient (Wildman–Crippen LogP) is 3.63. The van der Waals surface area contributed by atoms with Crippen molar-refractivity contribution in [3.63, 3.8) is 0 Å². The maximum atomic E-state index is 12.4. The van der Waals surface area contributed by atoms with Crippen molar-refractivity contribution in [3.8, 4) is 0 Å². The number of nitrogens with one attached hydrogen (secondary N) is 2. The van der Waals surface area contributed by atoms with Crippen LogP contribution >= 0.6 is 0 Å². The zero-order valence-corrected chi connectivity index (χ0v) is 15.9. The smallest absolute Gasteiger partial charge is 0.309 e. The summed E-state index contributed by atoms with van der Waals surface area (Å²) in [6.45, 7) is 2.53. The van der Waals surface area contributed by atoms with Crippen molar-refractivity contribution in [2.24, 2.45) is 5.92 Å². The van der Waals surface area contributed by atoms with E-state index >= 15 is 0 Å². The van der Waals surface area contributed by atoms with Crippen molar-refractivity contribution in [2.45, 2.75) is 44.6 Å². The van der Waals surface area contributed by atoms with Crippen LogP contribution in [0.3, 0.4) is 0 Å². The molecule has 0 aromatic heterocycles. The van der Waals surface area contributed by atoms with Gasteiger partial charge in [0, 0.05) is 18.5 Å². The number of hydrogen-bond acceptors (Lipinski definition) is 2. The molecule has 4 heteroatoms. The van der Waals surface area contributed by atoms with Crippen LogP contribution in [-0.2, 0) is 9.59 Å². The van der Waals surface area contributed by atoms with Crippen LogP contribution < -0.4 is 10.6 Å². The average molecular weight is 364 g/mol. The molecular weight excluding hydrogens is 336 g/mol. The highest BCUT2D eigenvalue weighted by molar-refractivity contribution is 6.35. The van der Waals surface area contributed by atoms with E-state index in [9.17, 15) is 9.59 Å². The van der Waals surface area contributed by atoms with Gasteiger partial charge in [-0.2, -0.15) is 0 Å². The molecule has 0 heterocycles. The van der Waals surface area contributed by atoms with Crippen LogP contribution in [0.25, 0.3) is 0 Å². The third kappa shape index (κ3) is 5.19. The third-order valence-electron chi connectivity index (χ3n) is 5.50. The molecule has 2 amide bonds. The fourth-order valence-electron chi connectivity index (χ4n) is 3.84. The lowest BCUT2D eigenvalue weighted by Gasteiger charge is -2.29. The number of carbonyl (C=O) groups is 2. The molecule has 1 saturated carbocycles. The molecule has 2 aromatic rings. The van der Waals surface area contributed by atoms with Crippen LogP contribution in [0, 0.1) is 5.92 Å². The molecular formula is C23H28N2O2. The van der Waals surface area contributed by atoms with E-state index in [1.165, 1.54) is 6.42 Å². The predicted molar refractivity (Wildman–Crippen MR) is 107 cm³/mol. The van der Waals surface area contributed by atoms with Crippen LogP contribution in [0.4, 0.5) is 0 Å². The summed E-state index contributed by atoms with van der Waals surface area (Å²) in [4.78, 5) is 24.7. The van der Waals surface area contributed by atoms with Crippen molar-refractivity contribution in [2.75, 3.05) is 6.54 Å². The van der Waals surface area contributed by atoms with Gasteiger partial charge in [-0.1, -0.05) is 80.4 Å². The second-order valence-electron chi connectivity index (χ2n) is 7.43. The molecule has 27 heavy (non-hydrogen) atoms. The van der Waals surface area contributed by atoms with E-state index < -0.39 is 11.8 Å². The molecule has 0 saturated heterocycles. The molecule has 0 unspecified atom stereocenters. The highest BCUT2D eigenvalue weighted by Crippen LogP contribution is 2.24. The Morgan fingerprint density at radius 2 is 1.44 bits per heavy atom. The molecule has 142 valence electrons. The molecule has 2 atom stereocenters. The fraction of sp³-hybridized carbons (Fsp3) is 0.391. The van der Waals surface area contributed by atoms with Gasteiger partial charge in [-0.3, -0.25) is 9.59 Å². The first-order chi connectivity index (χ1) is 13.1. The van der Waals surface area contributed by atoms with E-state index in [2.05, 4.69) is 17.6 Å². The summed E-state index contributed by atoms with van der Waals surface area (Å²) >= 11 is 0. The summed E-state index contributed by atoms with van der Waals surface area (Å²) in [6, 6.07) is 20.2. The minimum atomic E-state index is -0.551. The fourth-order valence-corrected chi connectivity index (χ4v) is 3.84. The Balaban J connectivity index is 1.63. The molecule has 3 rings (SSSR count). The number of rotatable bonds is 5. The molecule has 0 bridgehead atoms. The molecule has 0 spiro atoms. The molecule has 0 aliphatic heterocycles. The minimum absolute atomic E-state index is 0.0118.